The van der Waals surface area contributed by atoms with Crippen LogP contribution in [-0.2, 0) is 4.79 Å². The van der Waals surface area contributed by atoms with Crippen molar-refractivity contribution in [1.82, 2.24) is 5.32 Å². The molecule has 1 aliphatic rings. The van der Waals surface area contributed by atoms with E-state index < -0.39 is 5.92 Å². The van der Waals surface area contributed by atoms with Crippen LogP contribution >= 0.6 is 0 Å². The van der Waals surface area contributed by atoms with Crippen LogP contribution in [0.1, 0.15) is 86.5 Å². The molecule has 0 saturated carbocycles. The van der Waals surface area contributed by atoms with E-state index in [1.807, 2.05) is 134 Å². The van der Waals surface area contributed by atoms with Gasteiger partial charge in [0, 0.05) is 35.8 Å². The number of carbonyl (C=O) groups is 3. The minimum Gasteiger partial charge on any atom is -0.349 e. The first kappa shape index (κ1) is 30.0. The standard InChI is InChI=1S/C41H37NO3/c1-28(29-16-6-2-7-17-29)42-41(45)40-36(27-38(44)31-20-10-4-11-21-31)34-25-15-14-24-33(34)35(39(40)32-22-12-5-13-23-32)26-37(43)30-18-8-3-9-19-30/h2-25,28,35-36,39-40H,26-27H2,1H3,(H,42,45)/t28-,35-,36-,39-,40-/m1/s1. The van der Waals surface area contributed by atoms with E-state index in [-0.39, 0.29) is 54.1 Å². The molecule has 5 atom stereocenters. The summed E-state index contributed by atoms with van der Waals surface area (Å²) in [6.07, 6.45) is 0.430. The topological polar surface area (TPSA) is 63.2 Å². The van der Waals surface area contributed by atoms with E-state index in [0.717, 1.165) is 22.3 Å². The maximum Gasteiger partial charge on any atom is 0.224 e. The van der Waals surface area contributed by atoms with Gasteiger partial charge < -0.3 is 5.32 Å². The summed E-state index contributed by atoms with van der Waals surface area (Å²) in [7, 11) is 0. The number of fused-ring (bicyclic) bond motifs is 1. The van der Waals surface area contributed by atoms with Crippen LogP contribution in [0.5, 0.6) is 0 Å². The van der Waals surface area contributed by atoms with Crippen LogP contribution < -0.4 is 5.32 Å². The van der Waals surface area contributed by atoms with Gasteiger partial charge in [0.25, 0.3) is 0 Å². The van der Waals surface area contributed by atoms with E-state index in [9.17, 15) is 14.4 Å². The van der Waals surface area contributed by atoms with Gasteiger partial charge in [0.15, 0.2) is 11.6 Å². The fraction of sp³-hybridized carbons (Fsp3) is 0.195. The molecule has 4 heteroatoms. The van der Waals surface area contributed by atoms with Gasteiger partial charge in [-0.3, -0.25) is 14.4 Å². The third-order valence-electron chi connectivity index (χ3n) is 9.20. The van der Waals surface area contributed by atoms with Gasteiger partial charge in [-0.25, -0.2) is 0 Å². The fourth-order valence-corrected chi connectivity index (χ4v) is 7.03. The van der Waals surface area contributed by atoms with E-state index in [4.69, 9.17) is 0 Å². The van der Waals surface area contributed by atoms with Gasteiger partial charge in [-0.2, -0.15) is 0 Å². The lowest BCUT2D eigenvalue weighted by molar-refractivity contribution is -0.127. The van der Waals surface area contributed by atoms with Crippen LogP contribution in [0.15, 0.2) is 146 Å². The maximum atomic E-state index is 14.7. The second kappa shape index (κ2) is 13.7. The summed E-state index contributed by atoms with van der Waals surface area (Å²) in [4.78, 5) is 42.4. The third kappa shape index (κ3) is 6.56. The molecule has 6 rings (SSSR count). The Balaban J connectivity index is 1.48. The first-order chi connectivity index (χ1) is 22.0. The second-order valence-electron chi connectivity index (χ2n) is 11.9. The molecule has 5 aromatic carbocycles. The quantitative estimate of drug-likeness (QED) is 0.165. The molecular formula is C41H37NO3. The summed E-state index contributed by atoms with van der Waals surface area (Å²) in [6, 6.07) is 46.5. The van der Waals surface area contributed by atoms with E-state index in [2.05, 4.69) is 23.5 Å². The van der Waals surface area contributed by atoms with E-state index in [0.29, 0.717) is 11.1 Å². The molecule has 224 valence electrons. The summed E-state index contributed by atoms with van der Waals surface area (Å²) in [5.41, 5.74) is 5.27. The Morgan fingerprint density at radius 3 is 1.51 bits per heavy atom. The zero-order valence-electron chi connectivity index (χ0n) is 25.4. The molecule has 0 bridgehead atoms. The minimum atomic E-state index is -0.588. The van der Waals surface area contributed by atoms with E-state index in [1.165, 1.54) is 0 Å². The Hall–Kier alpha value is -5.09. The van der Waals surface area contributed by atoms with Crippen molar-refractivity contribution in [2.75, 3.05) is 0 Å². The molecule has 5 aromatic rings. The van der Waals surface area contributed by atoms with E-state index >= 15 is 0 Å². The molecule has 0 fully saturated rings. The molecule has 1 aliphatic carbocycles. The smallest absolute Gasteiger partial charge is 0.224 e. The number of amides is 1. The van der Waals surface area contributed by atoms with Crippen LogP contribution in [0, 0.1) is 5.92 Å². The maximum absolute atomic E-state index is 14.7. The number of benzene rings is 5. The molecule has 4 nitrogen and oxygen atoms in total. The Morgan fingerprint density at radius 2 is 0.978 bits per heavy atom. The molecule has 1 N–H and O–H groups in total. The highest BCUT2D eigenvalue weighted by atomic mass is 16.2. The van der Waals surface area contributed by atoms with Gasteiger partial charge in [0.2, 0.25) is 5.91 Å². The van der Waals surface area contributed by atoms with Crippen molar-refractivity contribution in [3.05, 3.63) is 179 Å². The van der Waals surface area contributed by atoms with Crippen molar-refractivity contribution in [1.29, 1.82) is 0 Å². The number of hydrogen-bond acceptors (Lipinski definition) is 3. The Kier molecular flexibility index (Phi) is 9.11. The summed E-state index contributed by atoms with van der Waals surface area (Å²) >= 11 is 0. The van der Waals surface area contributed by atoms with Crippen molar-refractivity contribution < 1.29 is 14.4 Å². The normalized spacial score (nSPS) is 19.6. The van der Waals surface area contributed by atoms with Crippen molar-refractivity contribution >= 4 is 17.5 Å². The number of nitrogens with one attached hydrogen (secondary N) is 1. The summed E-state index contributed by atoms with van der Waals surface area (Å²) in [5, 5.41) is 3.31. The lowest BCUT2D eigenvalue weighted by Crippen LogP contribution is -2.44. The lowest BCUT2D eigenvalue weighted by Gasteiger charge is -2.44. The van der Waals surface area contributed by atoms with Crippen molar-refractivity contribution in [2.45, 2.75) is 43.6 Å². The third-order valence-corrected chi connectivity index (χ3v) is 9.20. The molecular weight excluding hydrogens is 554 g/mol. The molecule has 0 heterocycles. The van der Waals surface area contributed by atoms with Gasteiger partial charge in [0.05, 0.1) is 12.0 Å². The van der Waals surface area contributed by atoms with Gasteiger partial charge in [-0.15, -0.1) is 0 Å². The van der Waals surface area contributed by atoms with Crippen molar-refractivity contribution in [3.63, 3.8) is 0 Å². The first-order valence-corrected chi connectivity index (χ1v) is 15.7. The molecule has 0 unspecified atom stereocenters. The summed E-state index contributed by atoms with van der Waals surface area (Å²) < 4.78 is 0. The molecule has 0 radical (unpaired) electrons. The predicted molar refractivity (Wildman–Crippen MR) is 178 cm³/mol. The van der Waals surface area contributed by atoms with Gasteiger partial charge in [0.1, 0.15) is 0 Å². The number of hydrogen-bond donors (Lipinski definition) is 1. The molecule has 0 spiro atoms. The number of rotatable bonds is 10. The van der Waals surface area contributed by atoms with E-state index in [1.54, 1.807) is 0 Å². The zero-order chi connectivity index (χ0) is 31.2. The molecule has 0 aliphatic heterocycles. The van der Waals surface area contributed by atoms with Crippen LogP contribution in [0.25, 0.3) is 0 Å². The Bertz CT molecular complexity index is 1750. The van der Waals surface area contributed by atoms with Crippen LogP contribution in [0.2, 0.25) is 0 Å². The van der Waals surface area contributed by atoms with Gasteiger partial charge in [-0.05, 0) is 35.1 Å². The Labute approximate surface area is 265 Å². The SMILES string of the molecule is C[C@@H](NC(=O)[C@H]1[C@H](c2ccccc2)[C@H](CC(=O)c2ccccc2)c2ccccc2[C@H]1CC(=O)c1ccccc1)c1ccccc1. The van der Waals surface area contributed by atoms with Gasteiger partial charge in [-0.1, -0.05) is 146 Å². The molecule has 0 aromatic heterocycles. The highest BCUT2D eigenvalue weighted by Gasteiger charge is 2.48. The highest BCUT2D eigenvalue weighted by Crippen LogP contribution is 2.54. The van der Waals surface area contributed by atoms with Crippen LogP contribution in [0.3, 0.4) is 0 Å². The zero-order valence-corrected chi connectivity index (χ0v) is 25.4. The number of carbonyl (C=O) groups excluding carboxylic acids is 3. The van der Waals surface area contributed by atoms with Gasteiger partial charge >= 0.3 is 0 Å². The number of Topliss-reactive ketones (excluding diaryl/α,β-unsaturated/α-hetero) is 2. The summed E-state index contributed by atoms with van der Waals surface area (Å²) in [5.74, 6) is -1.65. The molecule has 0 saturated heterocycles. The van der Waals surface area contributed by atoms with Crippen molar-refractivity contribution in [3.8, 4) is 0 Å². The Morgan fingerprint density at radius 1 is 0.556 bits per heavy atom. The predicted octanol–water partition coefficient (Wildman–Crippen LogP) is 8.69. The van der Waals surface area contributed by atoms with Crippen LogP contribution in [-0.4, -0.2) is 17.5 Å². The monoisotopic (exact) mass is 591 g/mol. The molecule has 1 amide bonds. The second-order valence-corrected chi connectivity index (χ2v) is 11.9. The van der Waals surface area contributed by atoms with Crippen LogP contribution in [0.4, 0.5) is 0 Å². The summed E-state index contributed by atoms with van der Waals surface area (Å²) in [6.45, 7) is 1.99. The number of ketones is 2. The molecule has 45 heavy (non-hydrogen) atoms. The highest BCUT2D eigenvalue weighted by molar-refractivity contribution is 5.98. The largest absolute Gasteiger partial charge is 0.349 e. The lowest BCUT2D eigenvalue weighted by atomic mass is 9.59. The fourth-order valence-electron chi connectivity index (χ4n) is 7.03. The average molecular weight is 592 g/mol. The minimum absolute atomic E-state index is 0.00469. The average Bonchev–Trinajstić information content (AvgIpc) is 3.10. The van der Waals surface area contributed by atoms with Crippen molar-refractivity contribution in [2.24, 2.45) is 5.92 Å². The first-order valence-electron chi connectivity index (χ1n) is 15.7.